The van der Waals surface area contributed by atoms with E-state index in [4.69, 9.17) is 26.7 Å². The van der Waals surface area contributed by atoms with Gasteiger partial charge in [0, 0.05) is 16.9 Å². The molecule has 0 saturated carbocycles. The highest BCUT2D eigenvalue weighted by atomic mass is 35.5. The van der Waals surface area contributed by atoms with Crippen molar-refractivity contribution in [1.82, 2.24) is 9.99 Å². The van der Waals surface area contributed by atoms with Crippen molar-refractivity contribution in [3.8, 4) is 0 Å². The monoisotopic (exact) mass is 408 g/mol. The fourth-order valence-electron chi connectivity index (χ4n) is 3.33. The summed E-state index contributed by atoms with van der Waals surface area (Å²) in [6, 6.07) is 18.0. The van der Waals surface area contributed by atoms with Gasteiger partial charge in [-0.3, -0.25) is 10.0 Å². The van der Waals surface area contributed by atoms with Gasteiger partial charge in [-0.15, -0.1) is 11.3 Å². The minimum atomic E-state index is -0.0749. The van der Waals surface area contributed by atoms with E-state index in [1.165, 1.54) is 0 Å². The number of halogens is 1. The van der Waals surface area contributed by atoms with Crippen molar-refractivity contribution >= 4 is 40.0 Å². The SMILES string of the molecule is CCN1CC(=Nc2cccc(Cl)c2)C(c2csc(C)n2)C(c2ccccc2)=N1. The highest BCUT2D eigenvalue weighted by Gasteiger charge is 2.32. The zero-order chi connectivity index (χ0) is 19.5. The van der Waals surface area contributed by atoms with Crippen molar-refractivity contribution in [2.45, 2.75) is 19.8 Å². The van der Waals surface area contributed by atoms with Crippen LogP contribution in [0.4, 0.5) is 5.69 Å². The van der Waals surface area contributed by atoms with Crippen LogP contribution < -0.4 is 0 Å². The summed E-state index contributed by atoms with van der Waals surface area (Å²) >= 11 is 7.84. The normalized spacial score (nSPS) is 18.4. The lowest BCUT2D eigenvalue weighted by atomic mass is 9.88. The summed E-state index contributed by atoms with van der Waals surface area (Å²) < 4.78 is 0. The van der Waals surface area contributed by atoms with E-state index >= 15 is 0 Å². The van der Waals surface area contributed by atoms with Crippen LogP contribution in [0.3, 0.4) is 0 Å². The van der Waals surface area contributed by atoms with E-state index in [1.54, 1.807) is 11.3 Å². The Bertz CT molecular complexity index is 1030. The van der Waals surface area contributed by atoms with Gasteiger partial charge in [0.25, 0.3) is 0 Å². The Hall–Kier alpha value is -2.50. The average molecular weight is 409 g/mol. The first-order chi connectivity index (χ1) is 13.6. The quantitative estimate of drug-likeness (QED) is 0.555. The second kappa shape index (κ2) is 8.25. The van der Waals surface area contributed by atoms with Crippen LogP contribution in [-0.2, 0) is 0 Å². The minimum Gasteiger partial charge on any atom is -0.291 e. The summed E-state index contributed by atoms with van der Waals surface area (Å²) in [6.45, 7) is 5.62. The van der Waals surface area contributed by atoms with Gasteiger partial charge in [-0.05, 0) is 37.6 Å². The van der Waals surface area contributed by atoms with Crippen molar-refractivity contribution in [1.29, 1.82) is 0 Å². The Morgan fingerprint density at radius 1 is 1.18 bits per heavy atom. The Morgan fingerprint density at radius 3 is 2.68 bits per heavy atom. The van der Waals surface area contributed by atoms with Gasteiger partial charge < -0.3 is 0 Å². The molecule has 0 aliphatic carbocycles. The Labute approximate surface area is 174 Å². The van der Waals surface area contributed by atoms with Crippen LogP contribution in [-0.4, -0.2) is 34.5 Å². The van der Waals surface area contributed by atoms with Crippen LogP contribution in [0.15, 0.2) is 70.1 Å². The molecule has 4 rings (SSSR count). The fourth-order valence-corrected chi connectivity index (χ4v) is 4.16. The molecule has 2 aromatic carbocycles. The summed E-state index contributed by atoms with van der Waals surface area (Å²) in [5.41, 5.74) is 4.96. The maximum atomic E-state index is 6.19. The molecule has 28 heavy (non-hydrogen) atoms. The molecule has 0 spiro atoms. The molecule has 0 bridgehead atoms. The fraction of sp³-hybridized carbons (Fsp3) is 0.227. The molecule has 1 aliphatic heterocycles. The van der Waals surface area contributed by atoms with E-state index < -0.39 is 0 Å². The van der Waals surface area contributed by atoms with Crippen molar-refractivity contribution in [2.75, 3.05) is 13.1 Å². The zero-order valence-electron chi connectivity index (χ0n) is 15.8. The Kier molecular flexibility index (Phi) is 5.55. The molecule has 1 unspecified atom stereocenters. The van der Waals surface area contributed by atoms with Gasteiger partial charge in [0.05, 0.1) is 40.3 Å². The van der Waals surface area contributed by atoms with E-state index in [0.717, 1.165) is 39.9 Å². The molecule has 3 aromatic rings. The van der Waals surface area contributed by atoms with Gasteiger partial charge >= 0.3 is 0 Å². The number of thiazole rings is 1. The first-order valence-electron chi connectivity index (χ1n) is 9.28. The summed E-state index contributed by atoms with van der Waals surface area (Å²) in [4.78, 5) is 9.78. The largest absolute Gasteiger partial charge is 0.291 e. The lowest BCUT2D eigenvalue weighted by molar-refractivity contribution is 0.338. The molecule has 0 saturated heterocycles. The second-order valence-electron chi connectivity index (χ2n) is 6.64. The number of rotatable bonds is 4. The van der Waals surface area contributed by atoms with Crippen molar-refractivity contribution in [2.24, 2.45) is 10.1 Å². The first kappa shape index (κ1) is 18.8. The number of hydrogen-bond donors (Lipinski definition) is 0. The molecule has 0 N–H and O–H groups in total. The molecule has 0 amide bonds. The predicted octanol–water partition coefficient (Wildman–Crippen LogP) is 5.70. The van der Waals surface area contributed by atoms with Crippen LogP contribution in [0.25, 0.3) is 0 Å². The Morgan fingerprint density at radius 2 is 2.00 bits per heavy atom. The van der Waals surface area contributed by atoms with Gasteiger partial charge in [-0.1, -0.05) is 48.0 Å². The number of aromatic nitrogens is 1. The number of aliphatic imine (C=N–C) groups is 1. The van der Waals surface area contributed by atoms with Gasteiger partial charge in [0.15, 0.2) is 0 Å². The lowest BCUT2D eigenvalue weighted by Gasteiger charge is -2.31. The van der Waals surface area contributed by atoms with E-state index in [2.05, 4.69) is 29.4 Å². The number of nitrogens with zero attached hydrogens (tertiary/aromatic N) is 4. The third-order valence-corrected chi connectivity index (χ3v) is 5.68. The first-order valence-corrected chi connectivity index (χ1v) is 10.5. The average Bonchev–Trinajstić information content (AvgIpc) is 3.14. The summed E-state index contributed by atoms with van der Waals surface area (Å²) in [7, 11) is 0. The second-order valence-corrected chi connectivity index (χ2v) is 8.14. The van der Waals surface area contributed by atoms with Gasteiger partial charge in [0.2, 0.25) is 0 Å². The molecule has 0 radical (unpaired) electrons. The number of hydrazone groups is 1. The molecular weight excluding hydrogens is 388 g/mol. The maximum Gasteiger partial charge on any atom is 0.0897 e. The van der Waals surface area contributed by atoms with Crippen LogP contribution in [0.2, 0.25) is 5.02 Å². The Balaban J connectivity index is 1.87. The van der Waals surface area contributed by atoms with Crippen LogP contribution >= 0.6 is 22.9 Å². The molecule has 0 fully saturated rings. The smallest absolute Gasteiger partial charge is 0.0897 e. The summed E-state index contributed by atoms with van der Waals surface area (Å²) in [6.07, 6.45) is 0. The molecular formula is C22H21ClN4S. The van der Waals surface area contributed by atoms with E-state index in [0.29, 0.717) is 11.6 Å². The molecule has 142 valence electrons. The van der Waals surface area contributed by atoms with Gasteiger partial charge in [-0.2, -0.15) is 5.10 Å². The number of hydrogen-bond acceptors (Lipinski definition) is 5. The zero-order valence-corrected chi connectivity index (χ0v) is 17.4. The molecule has 1 atom stereocenters. The molecule has 6 heteroatoms. The molecule has 1 aliphatic rings. The maximum absolute atomic E-state index is 6.19. The summed E-state index contributed by atoms with van der Waals surface area (Å²) in [5.74, 6) is -0.0749. The van der Waals surface area contributed by atoms with Gasteiger partial charge in [0.1, 0.15) is 0 Å². The van der Waals surface area contributed by atoms with Crippen molar-refractivity contribution in [3.05, 3.63) is 81.3 Å². The van der Waals surface area contributed by atoms with E-state index in [-0.39, 0.29) is 5.92 Å². The topological polar surface area (TPSA) is 40.9 Å². The lowest BCUT2D eigenvalue weighted by Crippen LogP contribution is -2.39. The number of benzene rings is 2. The minimum absolute atomic E-state index is 0.0749. The van der Waals surface area contributed by atoms with Gasteiger partial charge in [-0.25, -0.2) is 4.98 Å². The van der Waals surface area contributed by atoms with Crippen LogP contribution in [0.5, 0.6) is 0 Å². The third kappa shape index (κ3) is 4.01. The molecule has 1 aromatic heterocycles. The highest BCUT2D eigenvalue weighted by Crippen LogP contribution is 2.31. The highest BCUT2D eigenvalue weighted by molar-refractivity contribution is 7.09. The molecule has 2 heterocycles. The predicted molar refractivity (Wildman–Crippen MR) is 118 cm³/mol. The van der Waals surface area contributed by atoms with Crippen LogP contribution in [0, 0.1) is 6.92 Å². The van der Waals surface area contributed by atoms with Crippen molar-refractivity contribution < 1.29 is 0 Å². The standard InChI is InChI=1S/C22H21ClN4S/c1-3-27-13-19(25-18-11-7-10-17(23)12-18)21(20-14-28-15(2)24-20)22(26-27)16-8-5-4-6-9-16/h4-12,14,21H,3,13H2,1-2H3. The van der Waals surface area contributed by atoms with E-state index in [9.17, 15) is 0 Å². The van der Waals surface area contributed by atoms with E-state index in [1.807, 2.05) is 49.4 Å². The summed E-state index contributed by atoms with van der Waals surface area (Å²) in [5, 5.41) is 10.9. The van der Waals surface area contributed by atoms with Crippen molar-refractivity contribution in [3.63, 3.8) is 0 Å². The number of aryl methyl sites for hydroxylation is 1. The van der Waals surface area contributed by atoms with Crippen LogP contribution in [0.1, 0.15) is 29.1 Å². The molecule has 4 nitrogen and oxygen atoms in total. The third-order valence-electron chi connectivity index (χ3n) is 4.65.